The summed E-state index contributed by atoms with van der Waals surface area (Å²) in [6.07, 6.45) is 1.48. The first-order chi connectivity index (χ1) is 18.5. The fourth-order valence-corrected chi connectivity index (χ4v) is 3.43. The number of benzene rings is 3. The molecule has 5 aromatic rings. The molecular weight excluding hydrogens is 484 g/mol. The van der Waals surface area contributed by atoms with E-state index in [-0.39, 0.29) is 11.6 Å². The topological polar surface area (TPSA) is 143 Å². The molecule has 0 unspecified atom stereocenters. The van der Waals surface area contributed by atoms with E-state index < -0.39 is 4.92 Å². The van der Waals surface area contributed by atoms with Gasteiger partial charge in [0.05, 0.1) is 11.1 Å². The summed E-state index contributed by atoms with van der Waals surface area (Å²) in [4.78, 5) is 23.7. The monoisotopic (exact) mass is 506 g/mol. The highest BCUT2D eigenvalue weighted by atomic mass is 16.6. The Balaban J connectivity index is 1.33. The van der Waals surface area contributed by atoms with Crippen LogP contribution in [0.15, 0.2) is 101 Å². The van der Waals surface area contributed by atoms with E-state index in [0.29, 0.717) is 29.0 Å². The molecule has 2 aromatic heterocycles. The summed E-state index contributed by atoms with van der Waals surface area (Å²) in [7, 11) is 0. The average Bonchev–Trinajstić information content (AvgIpc) is 3.39. The van der Waals surface area contributed by atoms with Crippen LogP contribution < -0.4 is 16.1 Å². The quantitative estimate of drug-likeness (QED) is 0.119. The predicted molar refractivity (Wildman–Crippen MR) is 146 cm³/mol. The Hall–Kier alpha value is -5.58. The van der Waals surface area contributed by atoms with Gasteiger partial charge in [-0.25, -0.2) is 5.43 Å². The number of aryl methyl sites for hydroxylation is 1. The van der Waals surface area contributed by atoms with Crippen LogP contribution in [0.5, 0.6) is 0 Å². The highest BCUT2D eigenvalue weighted by Crippen LogP contribution is 2.24. The number of rotatable bonds is 9. The Kier molecular flexibility index (Phi) is 6.98. The Morgan fingerprint density at radius 3 is 2.08 bits per heavy atom. The molecule has 0 aliphatic carbocycles. The third-order valence-electron chi connectivity index (χ3n) is 5.32. The predicted octanol–water partition coefficient (Wildman–Crippen LogP) is 6.28. The number of furan rings is 1. The van der Waals surface area contributed by atoms with Gasteiger partial charge in [0.2, 0.25) is 17.8 Å². The lowest BCUT2D eigenvalue weighted by atomic mass is 10.1. The van der Waals surface area contributed by atoms with Gasteiger partial charge in [-0.2, -0.15) is 20.1 Å². The number of nitro groups is 1. The van der Waals surface area contributed by atoms with Gasteiger partial charge in [-0.15, -0.1) is 0 Å². The Morgan fingerprint density at radius 2 is 1.42 bits per heavy atom. The lowest BCUT2D eigenvalue weighted by Crippen LogP contribution is -2.07. The number of nitro benzene ring substituents is 1. The summed E-state index contributed by atoms with van der Waals surface area (Å²) in [5.74, 6) is 1.91. The summed E-state index contributed by atoms with van der Waals surface area (Å²) in [5, 5.41) is 21.4. The van der Waals surface area contributed by atoms with Crippen molar-refractivity contribution in [1.29, 1.82) is 0 Å². The highest BCUT2D eigenvalue weighted by molar-refractivity contribution is 5.78. The van der Waals surface area contributed by atoms with Crippen LogP contribution in [0.3, 0.4) is 0 Å². The fourth-order valence-electron chi connectivity index (χ4n) is 3.43. The number of nitrogens with zero attached hydrogens (tertiary/aromatic N) is 5. The Labute approximate surface area is 217 Å². The number of hydrazone groups is 1. The van der Waals surface area contributed by atoms with Crippen LogP contribution in [0.4, 0.5) is 34.9 Å². The minimum Gasteiger partial charge on any atom is -0.455 e. The minimum atomic E-state index is -0.445. The van der Waals surface area contributed by atoms with Crippen LogP contribution in [0.25, 0.3) is 11.3 Å². The molecule has 38 heavy (non-hydrogen) atoms. The second-order valence-electron chi connectivity index (χ2n) is 8.16. The number of para-hydroxylation sites is 1. The van der Waals surface area contributed by atoms with Crippen molar-refractivity contribution in [2.24, 2.45) is 5.10 Å². The summed E-state index contributed by atoms with van der Waals surface area (Å²) in [6, 6.07) is 27.0. The third kappa shape index (κ3) is 6.15. The molecule has 0 spiro atoms. The van der Waals surface area contributed by atoms with Crippen LogP contribution in [0, 0.1) is 17.0 Å². The molecule has 3 N–H and O–H groups in total. The maximum Gasteiger partial charge on any atom is 0.269 e. The van der Waals surface area contributed by atoms with E-state index in [1.807, 2.05) is 61.5 Å². The molecule has 0 amide bonds. The second kappa shape index (κ2) is 11.0. The maximum absolute atomic E-state index is 10.9. The zero-order valence-corrected chi connectivity index (χ0v) is 20.2. The lowest BCUT2D eigenvalue weighted by Gasteiger charge is -2.10. The summed E-state index contributed by atoms with van der Waals surface area (Å²) < 4.78 is 5.79. The lowest BCUT2D eigenvalue weighted by molar-refractivity contribution is -0.384. The molecule has 0 bridgehead atoms. The number of non-ortho nitro benzene ring substituents is 1. The van der Waals surface area contributed by atoms with Gasteiger partial charge in [0.15, 0.2) is 0 Å². The van der Waals surface area contributed by atoms with Crippen molar-refractivity contribution in [3.8, 4) is 11.3 Å². The second-order valence-corrected chi connectivity index (χ2v) is 8.16. The van der Waals surface area contributed by atoms with Crippen LogP contribution in [0.2, 0.25) is 0 Å². The largest absolute Gasteiger partial charge is 0.455 e. The normalized spacial score (nSPS) is 10.9. The van der Waals surface area contributed by atoms with Gasteiger partial charge in [-0.05, 0) is 55.5 Å². The molecule has 188 valence electrons. The van der Waals surface area contributed by atoms with E-state index >= 15 is 0 Å². The summed E-state index contributed by atoms with van der Waals surface area (Å²) in [6.45, 7) is 2.02. The van der Waals surface area contributed by atoms with E-state index in [1.54, 1.807) is 24.3 Å². The smallest absolute Gasteiger partial charge is 0.269 e. The van der Waals surface area contributed by atoms with Crippen LogP contribution in [-0.2, 0) is 0 Å². The maximum atomic E-state index is 10.9. The molecule has 2 heterocycles. The van der Waals surface area contributed by atoms with Gasteiger partial charge < -0.3 is 15.1 Å². The number of nitrogens with one attached hydrogen (secondary N) is 3. The van der Waals surface area contributed by atoms with Crippen molar-refractivity contribution in [2.45, 2.75) is 6.92 Å². The van der Waals surface area contributed by atoms with E-state index in [2.05, 4.69) is 36.1 Å². The standard InChI is InChI=1S/C27H22N8O3/c1-18-7-11-21(12-8-18)30-26-31-25(29-20-5-3-2-4-6-20)32-27(33-26)34-28-17-23-15-16-24(38-23)19-9-13-22(14-10-19)35(36)37/h2-17H,1H3,(H3,29,30,31,32,33,34). The molecule has 0 radical (unpaired) electrons. The van der Waals surface area contributed by atoms with Crippen molar-refractivity contribution in [1.82, 2.24) is 15.0 Å². The van der Waals surface area contributed by atoms with Crippen molar-refractivity contribution in [3.05, 3.63) is 112 Å². The van der Waals surface area contributed by atoms with Crippen molar-refractivity contribution >= 4 is 41.1 Å². The molecule has 0 fully saturated rings. The van der Waals surface area contributed by atoms with E-state index in [0.717, 1.165) is 16.9 Å². The molecule has 5 rings (SSSR count). The molecule has 11 nitrogen and oxygen atoms in total. The zero-order valence-electron chi connectivity index (χ0n) is 20.2. The van der Waals surface area contributed by atoms with Crippen LogP contribution in [-0.4, -0.2) is 26.1 Å². The van der Waals surface area contributed by atoms with Crippen LogP contribution >= 0.6 is 0 Å². The van der Waals surface area contributed by atoms with Gasteiger partial charge in [-0.3, -0.25) is 10.1 Å². The average molecular weight is 507 g/mol. The van der Waals surface area contributed by atoms with Gasteiger partial charge in [-0.1, -0.05) is 35.9 Å². The number of hydrogen-bond acceptors (Lipinski definition) is 10. The highest BCUT2D eigenvalue weighted by Gasteiger charge is 2.09. The third-order valence-corrected chi connectivity index (χ3v) is 5.32. The molecule has 3 aromatic carbocycles. The first-order valence-electron chi connectivity index (χ1n) is 11.6. The molecule has 0 atom stereocenters. The van der Waals surface area contributed by atoms with Gasteiger partial charge >= 0.3 is 0 Å². The SMILES string of the molecule is Cc1ccc(Nc2nc(NN=Cc3ccc(-c4ccc([N+](=O)[O-])cc4)o3)nc(Nc3ccccc3)n2)cc1. The minimum absolute atomic E-state index is 0.0148. The summed E-state index contributed by atoms with van der Waals surface area (Å²) >= 11 is 0. The molecule has 11 heteroatoms. The molecular formula is C27H22N8O3. The Morgan fingerprint density at radius 1 is 0.789 bits per heavy atom. The first-order valence-corrected chi connectivity index (χ1v) is 11.6. The van der Waals surface area contributed by atoms with Gasteiger partial charge in [0.1, 0.15) is 11.5 Å². The van der Waals surface area contributed by atoms with Crippen molar-refractivity contribution < 1.29 is 9.34 Å². The van der Waals surface area contributed by atoms with Gasteiger partial charge in [0, 0.05) is 29.1 Å². The number of hydrogen-bond donors (Lipinski definition) is 3. The molecule has 0 saturated carbocycles. The van der Waals surface area contributed by atoms with Crippen molar-refractivity contribution in [2.75, 3.05) is 16.1 Å². The fraction of sp³-hybridized carbons (Fsp3) is 0.0370. The van der Waals surface area contributed by atoms with Crippen molar-refractivity contribution in [3.63, 3.8) is 0 Å². The Bertz CT molecular complexity index is 1570. The van der Waals surface area contributed by atoms with Gasteiger partial charge in [0.25, 0.3) is 5.69 Å². The van der Waals surface area contributed by atoms with Crippen LogP contribution in [0.1, 0.15) is 11.3 Å². The number of aromatic nitrogens is 3. The zero-order chi connectivity index (χ0) is 26.3. The summed E-state index contributed by atoms with van der Waals surface area (Å²) in [5.41, 5.74) is 6.34. The number of anilines is 5. The molecule has 0 saturated heterocycles. The van der Waals surface area contributed by atoms with E-state index in [9.17, 15) is 10.1 Å². The van der Waals surface area contributed by atoms with E-state index in [4.69, 9.17) is 4.42 Å². The molecule has 0 aliphatic heterocycles. The van der Waals surface area contributed by atoms with E-state index in [1.165, 1.54) is 18.3 Å². The first kappa shape index (κ1) is 24.1. The molecule has 0 aliphatic rings.